The van der Waals surface area contributed by atoms with E-state index in [-0.39, 0.29) is 5.91 Å². The molecular weight excluding hydrogens is 248 g/mol. The van der Waals surface area contributed by atoms with E-state index < -0.39 is 0 Å². The predicted octanol–water partition coefficient (Wildman–Crippen LogP) is 2.12. The number of carbonyl (C=O) groups is 1. The smallest absolute Gasteiger partial charge is 0.224 e. The number of thioether (sulfide) groups is 1. The lowest BCUT2D eigenvalue weighted by molar-refractivity contribution is -0.116. The van der Waals surface area contributed by atoms with Gasteiger partial charge in [-0.3, -0.25) is 4.79 Å². The normalized spacial score (nSPS) is 15.1. The highest BCUT2D eigenvalue weighted by molar-refractivity contribution is 8.00. The number of nitrogens with one attached hydrogen (secondary N) is 1. The summed E-state index contributed by atoms with van der Waals surface area (Å²) in [6.07, 6.45) is 1.47. The number of benzene rings is 1. The molecule has 1 amide bonds. The molecule has 5 heteroatoms. The van der Waals surface area contributed by atoms with E-state index in [0.29, 0.717) is 17.4 Å². The van der Waals surface area contributed by atoms with Crippen LogP contribution in [0.5, 0.6) is 0 Å². The Hall–Kier alpha value is -1.20. The van der Waals surface area contributed by atoms with E-state index in [0.717, 1.165) is 31.1 Å². The number of hydrogen-bond acceptors (Lipinski definition) is 4. The van der Waals surface area contributed by atoms with Gasteiger partial charge in [-0.1, -0.05) is 0 Å². The Morgan fingerprint density at radius 1 is 1.39 bits per heavy atom. The summed E-state index contributed by atoms with van der Waals surface area (Å²) >= 11 is 1.89. The Morgan fingerprint density at radius 2 is 2.11 bits per heavy atom. The maximum absolute atomic E-state index is 11.6. The third kappa shape index (κ3) is 4.23. The van der Waals surface area contributed by atoms with Crippen molar-refractivity contribution in [2.45, 2.75) is 18.1 Å². The molecule has 1 aliphatic rings. The van der Waals surface area contributed by atoms with Gasteiger partial charge in [0.05, 0.1) is 18.5 Å². The van der Waals surface area contributed by atoms with E-state index >= 15 is 0 Å². The molecule has 0 spiro atoms. The summed E-state index contributed by atoms with van der Waals surface area (Å²) in [5.74, 6) is 1.08. The molecular formula is C13H18N2O2S. The van der Waals surface area contributed by atoms with Gasteiger partial charge >= 0.3 is 0 Å². The number of nitrogen functional groups attached to an aromatic ring is 1. The summed E-state index contributed by atoms with van der Waals surface area (Å²) in [6.45, 7) is 1.73. The quantitative estimate of drug-likeness (QED) is 0.611. The summed E-state index contributed by atoms with van der Waals surface area (Å²) in [6, 6.07) is 7.19. The van der Waals surface area contributed by atoms with Crippen molar-refractivity contribution < 1.29 is 9.53 Å². The number of anilines is 2. The highest BCUT2D eigenvalue weighted by atomic mass is 32.2. The number of carbonyl (C=O) groups excluding carboxylic acids is 1. The lowest BCUT2D eigenvalue weighted by atomic mass is 10.2. The molecule has 1 aromatic rings. The minimum absolute atomic E-state index is 0.0604. The van der Waals surface area contributed by atoms with Gasteiger partial charge in [-0.2, -0.15) is 11.8 Å². The van der Waals surface area contributed by atoms with Crippen molar-refractivity contribution in [3.05, 3.63) is 24.3 Å². The van der Waals surface area contributed by atoms with Gasteiger partial charge < -0.3 is 15.8 Å². The zero-order valence-electron chi connectivity index (χ0n) is 10.2. The van der Waals surface area contributed by atoms with Crippen molar-refractivity contribution in [3.8, 4) is 0 Å². The standard InChI is InChI=1S/C13H18N2O2S/c14-10-3-5-11(6-4-10)15-13(16)2-1-7-18-12-8-17-9-12/h3-6,12H,1-2,7-9,14H2,(H,15,16). The van der Waals surface area contributed by atoms with E-state index in [1.807, 2.05) is 23.9 Å². The monoisotopic (exact) mass is 266 g/mol. The molecule has 0 aliphatic carbocycles. The molecule has 0 aromatic heterocycles. The molecule has 1 heterocycles. The topological polar surface area (TPSA) is 64.3 Å². The van der Waals surface area contributed by atoms with Crippen molar-refractivity contribution in [1.29, 1.82) is 0 Å². The Morgan fingerprint density at radius 3 is 2.72 bits per heavy atom. The highest BCUT2D eigenvalue weighted by Crippen LogP contribution is 2.20. The molecule has 0 saturated carbocycles. The van der Waals surface area contributed by atoms with E-state index in [1.165, 1.54) is 0 Å². The van der Waals surface area contributed by atoms with E-state index in [2.05, 4.69) is 5.32 Å². The average molecular weight is 266 g/mol. The van der Waals surface area contributed by atoms with Crippen LogP contribution in [0.3, 0.4) is 0 Å². The first-order valence-electron chi connectivity index (χ1n) is 6.09. The SMILES string of the molecule is Nc1ccc(NC(=O)CCCSC2COC2)cc1. The molecule has 1 saturated heterocycles. The Balaban J connectivity index is 1.60. The average Bonchev–Trinajstić information content (AvgIpc) is 2.29. The summed E-state index contributed by atoms with van der Waals surface area (Å²) < 4.78 is 5.09. The summed E-state index contributed by atoms with van der Waals surface area (Å²) in [5, 5.41) is 3.50. The van der Waals surface area contributed by atoms with Crippen LogP contribution in [0, 0.1) is 0 Å². The molecule has 3 N–H and O–H groups in total. The fourth-order valence-corrected chi connectivity index (χ4v) is 2.61. The molecule has 1 fully saturated rings. The summed E-state index contributed by atoms with van der Waals surface area (Å²) in [7, 11) is 0. The first-order chi connectivity index (χ1) is 8.74. The second kappa shape index (κ2) is 6.66. The van der Waals surface area contributed by atoms with Gasteiger partial charge in [-0.15, -0.1) is 0 Å². The lowest BCUT2D eigenvalue weighted by Gasteiger charge is -2.25. The summed E-state index contributed by atoms with van der Waals surface area (Å²) in [5.41, 5.74) is 7.08. The van der Waals surface area contributed by atoms with Crippen LogP contribution < -0.4 is 11.1 Å². The van der Waals surface area contributed by atoms with Crippen molar-refractivity contribution in [2.75, 3.05) is 30.0 Å². The first kappa shape index (κ1) is 13.2. The fraction of sp³-hybridized carbons (Fsp3) is 0.462. The third-order valence-electron chi connectivity index (χ3n) is 2.70. The zero-order valence-corrected chi connectivity index (χ0v) is 11.0. The molecule has 0 atom stereocenters. The van der Waals surface area contributed by atoms with Gasteiger partial charge in [0, 0.05) is 17.8 Å². The number of nitrogens with two attached hydrogens (primary N) is 1. The Labute approximate surface area is 111 Å². The molecule has 2 rings (SSSR count). The molecule has 98 valence electrons. The van der Waals surface area contributed by atoms with E-state index in [4.69, 9.17) is 10.5 Å². The second-order valence-electron chi connectivity index (χ2n) is 4.30. The van der Waals surface area contributed by atoms with Crippen LogP contribution in [-0.4, -0.2) is 30.1 Å². The van der Waals surface area contributed by atoms with E-state index in [1.54, 1.807) is 12.1 Å². The number of hydrogen-bond donors (Lipinski definition) is 2. The zero-order chi connectivity index (χ0) is 12.8. The van der Waals surface area contributed by atoms with Crippen molar-refractivity contribution >= 4 is 29.0 Å². The van der Waals surface area contributed by atoms with Crippen molar-refractivity contribution in [2.24, 2.45) is 0 Å². The minimum atomic E-state index is 0.0604. The van der Waals surface area contributed by atoms with E-state index in [9.17, 15) is 4.79 Å². The maximum atomic E-state index is 11.6. The molecule has 1 aliphatic heterocycles. The van der Waals surface area contributed by atoms with Gasteiger partial charge in [0.25, 0.3) is 0 Å². The van der Waals surface area contributed by atoms with Gasteiger partial charge in [-0.25, -0.2) is 0 Å². The summed E-state index contributed by atoms with van der Waals surface area (Å²) in [4.78, 5) is 11.6. The van der Waals surface area contributed by atoms with Crippen LogP contribution in [0.25, 0.3) is 0 Å². The molecule has 18 heavy (non-hydrogen) atoms. The molecule has 0 unspecified atom stereocenters. The molecule has 0 bridgehead atoms. The predicted molar refractivity (Wildman–Crippen MR) is 75.8 cm³/mol. The first-order valence-corrected chi connectivity index (χ1v) is 7.13. The van der Waals surface area contributed by atoms with Gasteiger partial charge in [0.1, 0.15) is 0 Å². The number of rotatable bonds is 6. The molecule has 4 nitrogen and oxygen atoms in total. The molecule has 1 aromatic carbocycles. The number of amides is 1. The van der Waals surface area contributed by atoms with Crippen LogP contribution in [0.4, 0.5) is 11.4 Å². The van der Waals surface area contributed by atoms with Crippen LogP contribution in [0.1, 0.15) is 12.8 Å². The minimum Gasteiger partial charge on any atom is -0.399 e. The second-order valence-corrected chi connectivity index (χ2v) is 5.71. The fourth-order valence-electron chi connectivity index (χ4n) is 1.58. The van der Waals surface area contributed by atoms with Crippen molar-refractivity contribution in [1.82, 2.24) is 0 Å². The van der Waals surface area contributed by atoms with Crippen LogP contribution >= 0.6 is 11.8 Å². The Kier molecular flexibility index (Phi) is 4.90. The van der Waals surface area contributed by atoms with Crippen molar-refractivity contribution in [3.63, 3.8) is 0 Å². The van der Waals surface area contributed by atoms with Gasteiger partial charge in [0.15, 0.2) is 0 Å². The molecule has 0 radical (unpaired) electrons. The van der Waals surface area contributed by atoms with Crippen LogP contribution in [0.15, 0.2) is 24.3 Å². The number of ether oxygens (including phenoxy) is 1. The Bertz CT molecular complexity index is 390. The van der Waals surface area contributed by atoms with Gasteiger partial charge in [-0.05, 0) is 36.4 Å². The largest absolute Gasteiger partial charge is 0.399 e. The maximum Gasteiger partial charge on any atom is 0.224 e. The van der Waals surface area contributed by atoms with Crippen LogP contribution in [0.2, 0.25) is 0 Å². The highest BCUT2D eigenvalue weighted by Gasteiger charge is 2.18. The van der Waals surface area contributed by atoms with Gasteiger partial charge in [0.2, 0.25) is 5.91 Å². The third-order valence-corrected chi connectivity index (χ3v) is 3.97. The van der Waals surface area contributed by atoms with Crippen LogP contribution in [-0.2, 0) is 9.53 Å². The lowest BCUT2D eigenvalue weighted by Crippen LogP contribution is -2.30.